The van der Waals surface area contributed by atoms with E-state index in [0.717, 1.165) is 29.9 Å². The number of hydrogen-bond donors (Lipinski definition) is 1. The molecule has 2 aromatic carbocycles. The number of anilines is 1. The van der Waals surface area contributed by atoms with Crippen molar-refractivity contribution in [1.82, 2.24) is 4.90 Å². The van der Waals surface area contributed by atoms with Crippen LogP contribution in [-0.2, 0) is 13.1 Å². The SMILES string of the molecule is CCN(Cc1ccc(OC)c(F)c1)Cc1ccccc1N. The molecule has 0 aliphatic heterocycles. The summed E-state index contributed by atoms with van der Waals surface area (Å²) in [5.74, 6) is -0.0561. The summed E-state index contributed by atoms with van der Waals surface area (Å²) in [5.41, 5.74) is 8.78. The third-order valence-corrected chi connectivity index (χ3v) is 3.52. The van der Waals surface area contributed by atoms with Crippen molar-refractivity contribution in [3.05, 3.63) is 59.4 Å². The molecule has 0 bridgehead atoms. The topological polar surface area (TPSA) is 38.5 Å². The molecule has 4 heteroatoms. The van der Waals surface area contributed by atoms with E-state index in [1.54, 1.807) is 6.07 Å². The van der Waals surface area contributed by atoms with Crippen LogP contribution in [0.3, 0.4) is 0 Å². The van der Waals surface area contributed by atoms with E-state index >= 15 is 0 Å². The number of methoxy groups -OCH3 is 1. The minimum absolute atomic E-state index is 0.272. The Kier molecular flexibility index (Phi) is 5.17. The summed E-state index contributed by atoms with van der Waals surface area (Å²) >= 11 is 0. The van der Waals surface area contributed by atoms with Crippen molar-refractivity contribution in [3.63, 3.8) is 0 Å². The van der Waals surface area contributed by atoms with Crippen LogP contribution in [0.25, 0.3) is 0 Å². The first-order valence-electron chi connectivity index (χ1n) is 7.02. The predicted octanol–water partition coefficient (Wildman–Crippen LogP) is 3.44. The lowest BCUT2D eigenvalue weighted by atomic mass is 10.1. The largest absolute Gasteiger partial charge is 0.494 e. The van der Waals surface area contributed by atoms with Gasteiger partial charge in [0.15, 0.2) is 11.6 Å². The molecule has 0 atom stereocenters. The fourth-order valence-corrected chi connectivity index (χ4v) is 2.27. The Morgan fingerprint density at radius 3 is 2.52 bits per heavy atom. The van der Waals surface area contributed by atoms with Gasteiger partial charge in [0, 0.05) is 18.8 Å². The molecule has 0 radical (unpaired) electrons. The highest BCUT2D eigenvalue weighted by Gasteiger charge is 2.09. The van der Waals surface area contributed by atoms with Crippen molar-refractivity contribution >= 4 is 5.69 Å². The molecule has 0 unspecified atom stereocenters. The maximum absolute atomic E-state index is 13.7. The Bertz CT molecular complexity index is 601. The minimum Gasteiger partial charge on any atom is -0.494 e. The summed E-state index contributed by atoms with van der Waals surface area (Å²) in [6, 6.07) is 12.9. The molecule has 0 saturated heterocycles. The molecule has 112 valence electrons. The molecule has 2 N–H and O–H groups in total. The number of rotatable bonds is 6. The van der Waals surface area contributed by atoms with E-state index in [9.17, 15) is 4.39 Å². The van der Waals surface area contributed by atoms with E-state index in [1.807, 2.05) is 30.3 Å². The van der Waals surface area contributed by atoms with E-state index < -0.39 is 0 Å². The highest BCUT2D eigenvalue weighted by atomic mass is 19.1. The van der Waals surface area contributed by atoms with Crippen molar-refractivity contribution < 1.29 is 9.13 Å². The molecule has 0 heterocycles. The van der Waals surface area contributed by atoms with Crippen molar-refractivity contribution in [2.24, 2.45) is 0 Å². The molecule has 3 nitrogen and oxygen atoms in total. The summed E-state index contributed by atoms with van der Waals surface area (Å²) in [7, 11) is 1.47. The molecular formula is C17H21FN2O. The highest BCUT2D eigenvalue weighted by Crippen LogP contribution is 2.20. The number of benzene rings is 2. The molecule has 2 aromatic rings. The predicted molar refractivity (Wildman–Crippen MR) is 83.6 cm³/mol. The average Bonchev–Trinajstić information content (AvgIpc) is 2.49. The normalized spacial score (nSPS) is 10.9. The van der Waals surface area contributed by atoms with Gasteiger partial charge in [-0.1, -0.05) is 31.2 Å². The Morgan fingerprint density at radius 1 is 1.14 bits per heavy atom. The second-order valence-electron chi connectivity index (χ2n) is 4.97. The van der Waals surface area contributed by atoms with Gasteiger partial charge < -0.3 is 10.5 Å². The van der Waals surface area contributed by atoms with E-state index in [1.165, 1.54) is 13.2 Å². The van der Waals surface area contributed by atoms with Crippen LogP contribution in [0.4, 0.5) is 10.1 Å². The minimum atomic E-state index is -0.328. The zero-order valence-corrected chi connectivity index (χ0v) is 12.5. The lowest BCUT2D eigenvalue weighted by Gasteiger charge is -2.21. The van der Waals surface area contributed by atoms with Gasteiger partial charge >= 0.3 is 0 Å². The van der Waals surface area contributed by atoms with Crippen molar-refractivity contribution in [3.8, 4) is 5.75 Å². The number of ether oxygens (including phenoxy) is 1. The Morgan fingerprint density at radius 2 is 1.90 bits per heavy atom. The third-order valence-electron chi connectivity index (χ3n) is 3.52. The average molecular weight is 288 g/mol. The fraction of sp³-hybridized carbons (Fsp3) is 0.294. The second-order valence-corrected chi connectivity index (χ2v) is 4.97. The molecule has 0 aliphatic rings. The lowest BCUT2D eigenvalue weighted by Crippen LogP contribution is -2.23. The van der Waals surface area contributed by atoms with E-state index in [-0.39, 0.29) is 11.6 Å². The van der Waals surface area contributed by atoms with E-state index in [4.69, 9.17) is 10.5 Å². The van der Waals surface area contributed by atoms with Crippen molar-refractivity contribution in [1.29, 1.82) is 0 Å². The lowest BCUT2D eigenvalue weighted by molar-refractivity contribution is 0.271. The fourth-order valence-electron chi connectivity index (χ4n) is 2.27. The van der Waals surface area contributed by atoms with Gasteiger partial charge in [-0.2, -0.15) is 0 Å². The number of nitrogens with zero attached hydrogens (tertiary/aromatic N) is 1. The molecular weight excluding hydrogens is 267 g/mol. The van der Waals surface area contributed by atoms with Crippen LogP contribution in [0.2, 0.25) is 0 Å². The smallest absolute Gasteiger partial charge is 0.165 e. The maximum atomic E-state index is 13.7. The van der Waals surface area contributed by atoms with Gasteiger partial charge in [0.25, 0.3) is 0 Å². The van der Waals surface area contributed by atoms with Crippen LogP contribution in [0, 0.1) is 5.82 Å². The molecule has 2 rings (SSSR count). The highest BCUT2D eigenvalue weighted by molar-refractivity contribution is 5.46. The van der Waals surface area contributed by atoms with Crippen molar-refractivity contribution in [2.75, 3.05) is 19.4 Å². The third kappa shape index (κ3) is 3.95. The maximum Gasteiger partial charge on any atom is 0.165 e. The number of nitrogens with two attached hydrogens (primary N) is 1. The van der Waals surface area contributed by atoms with Crippen LogP contribution in [0.1, 0.15) is 18.1 Å². The van der Waals surface area contributed by atoms with Gasteiger partial charge in [0.05, 0.1) is 7.11 Å². The van der Waals surface area contributed by atoms with Gasteiger partial charge in [-0.15, -0.1) is 0 Å². The van der Waals surface area contributed by atoms with Crippen LogP contribution >= 0.6 is 0 Å². The summed E-state index contributed by atoms with van der Waals surface area (Å²) in [6.45, 7) is 4.36. The monoisotopic (exact) mass is 288 g/mol. The van der Waals surface area contributed by atoms with Gasteiger partial charge in [0.2, 0.25) is 0 Å². The molecule has 0 amide bonds. The number of hydrogen-bond acceptors (Lipinski definition) is 3. The first-order valence-corrected chi connectivity index (χ1v) is 7.02. The zero-order chi connectivity index (χ0) is 15.2. The standard InChI is InChI=1S/C17H21FN2O/c1-3-20(12-14-6-4-5-7-16(14)19)11-13-8-9-17(21-2)15(18)10-13/h4-10H,3,11-12,19H2,1-2H3. The van der Waals surface area contributed by atoms with Crippen LogP contribution in [-0.4, -0.2) is 18.6 Å². The number of nitrogen functional groups attached to an aromatic ring is 1. The molecule has 0 fully saturated rings. The Balaban J connectivity index is 2.09. The van der Waals surface area contributed by atoms with Crippen LogP contribution < -0.4 is 10.5 Å². The second kappa shape index (κ2) is 7.09. The van der Waals surface area contributed by atoms with Gasteiger partial charge in [-0.25, -0.2) is 4.39 Å². The van der Waals surface area contributed by atoms with E-state index in [0.29, 0.717) is 6.54 Å². The first-order chi connectivity index (χ1) is 10.1. The Labute approximate surface area is 125 Å². The van der Waals surface area contributed by atoms with Gasteiger partial charge in [-0.05, 0) is 35.9 Å². The van der Waals surface area contributed by atoms with Gasteiger partial charge in [-0.3, -0.25) is 4.90 Å². The zero-order valence-electron chi connectivity index (χ0n) is 12.5. The van der Waals surface area contributed by atoms with Crippen LogP contribution in [0.15, 0.2) is 42.5 Å². The number of para-hydroxylation sites is 1. The van der Waals surface area contributed by atoms with E-state index in [2.05, 4.69) is 11.8 Å². The quantitative estimate of drug-likeness (QED) is 0.828. The van der Waals surface area contributed by atoms with Crippen LogP contribution in [0.5, 0.6) is 5.75 Å². The first kappa shape index (κ1) is 15.3. The molecule has 21 heavy (non-hydrogen) atoms. The molecule has 0 spiro atoms. The summed E-state index contributed by atoms with van der Waals surface area (Å²) in [5, 5.41) is 0. The number of halogens is 1. The molecule has 0 aliphatic carbocycles. The van der Waals surface area contributed by atoms with Crippen molar-refractivity contribution in [2.45, 2.75) is 20.0 Å². The molecule has 0 saturated carbocycles. The Hall–Kier alpha value is -2.07. The van der Waals surface area contributed by atoms with Gasteiger partial charge in [0.1, 0.15) is 0 Å². The molecule has 0 aromatic heterocycles. The summed E-state index contributed by atoms with van der Waals surface area (Å²) < 4.78 is 18.7. The summed E-state index contributed by atoms with van der Waals surface area (Å²) in [4.78, 5) is 2.22. The summed E-state index contributed by atoms with van der Waals surface area (Å²) in [6.07, 6.45) is 0.